The quantitative estimate of drug-likeness (QED) is 0.335. The molecule has 0 aliphatic carbocycles. The fourth-order valence-electron chi connectivity index (χ4n) is 4.00. The van der Waals surface area contributed by atoms with Gasteiger partial charge in [-0.2, -0.15) is 0 Å². The van der Waals surface area contributed by atoms with Crippen LogP contribution in [0.3, 0.4) is 0 Å². The molecule has 0 aliphatic rings. The Labute approximate surface area is 181 Å². The van der Waals surface area contributed by atoms with Crippen molar-refractivity contribution in [3.05, 3.63) is 119 Å². The number of aryl methyl sites for hydroxylation is 4. The van der Waals surface area contributed by atoms with E-state index in [1.807, 2.05) is 0 Å². The molecule has 1 nitrogen and oxygen atoms in total. The number of hydrogen-bond donors (Lipinski definition) is 0. The van der Waals surface area contributed by atoms with Gasteiger partial charge in [0.2, 0.25) is 0 Å². The van der Waals surface area contributed by atoms with Crippen LogP contribution >= 0.6 is 0 Å². The minimum Gasteiger partial charge on any atom is -0.530 e. The lowest BCUT2D eigenvalue weighted by Gasteiger charge is -2.34. The van der Waals surface area contributed by atoms with Gasteiger partial charge in [0.25, 0.3) is 0 Å². The second-order valence-electron chi connectivity index (χ2n) is 8.15. The maximum Gasteiger partial charge on any atom is 0.346 e. The fraction of sp³-hybridized carbons (Fsp3) is 0.143. The third-order valence-corrected chi connectivity index (χ3v) is 9.66. The van der Waals surface area contributed by atoms with Crippen LogP contribution in [0.5, 0.6) is 5.75 Å². The van der Waals surface area contributed by atoms with Crippen LogP contribution in [0.2, 0.25) is 0 Å². The van der Waals surface area contributed by atoms with Crippen LogP contribution in [0.4, 0.5) is 0 Å². The van der Waals surface area contributed by atoms with Crippen molar-refractivity contribution in [3.63, 3.8) is 0 Å². The Morgan fingerprint density at radius 3 is 1.47 bits per heavy atom. The Morgan fingerprint density at radius 1 is 0.500 bits per heavy atom. The van der Waals surface area contributed by atoms with E-state index in [4.69, 9.17) is 4.43 Å². The molecule has 30 heavy (non-hydrogen) atoms. The monoisotopic (exact) mass is 408 g/mol. The zero-order chi connectivity index (χ0) is 21.1. The minimum atomic E-state index is -2.76. The normalized spacial score (nSPS) is 11.3. The Balaban J connectivity index is 2.02. The molecular weight excluding hydrogens is 380 g/mol. The van der Waals surface area contributed by atoms with Crippen LogP contribution in [0.15, 0.2) is 97.1 Å². The fourth-order valence-corrected chi connectivity index (χ4v) is 7.85. The molecule has 0 heterocycles. The molecule has 0 radical (unpaired) electrons. The van der Waals surface area contributed by atoms with E-state index in [-0.39, 0.29) is 0 Å². The maximum atomic E-state index is 7.16. The van der Waals surface area contributed by atoms with Gasteiger partial charge in [0.15, 0.2) is 0 Å². The standard InChI is InChI=1S/C28H28OSi/c1-21-10-15-26(16-11-21)30(25-8-6-5-7-9-25,27-17-12-22(2)13-18-27)29-28-19-14-23(3)20-24(28)4/h5-20H,1-4H3. The van der Waals surface area contributed by atoms with Gasteiger partial charge in [-0.25, -0.2) is 0 Å². The minimum absolute atomic E-state index is 0.956. The molecule has 0 saturated carbocycles. The van der Waals surface area contributed by atoms with Gasteiger partial charge in [0, 0.05) is 0 Å². The van der Waals surface area contributed by atoms with Gasteiger partial charge in [-0.3, -0.25) is 0 Å². The van der Waals surface area contributed by atoms with Crippen LogP contribution in [-0.2, 0) is 0 Å². The molecule has 0 N–H and O–H groups in total. The first kappa shape index (κ1) is 20.2. The van der Waals surface area contributed by atoms with E-state index in [0.29, 0.717) is 0 Å². The second-order valence-corrected chi connectivity index (χ2v) is 11.4. The van der Waals surface area contributed by atoms with Crippen LogP contribution in [-0.4, -0.2) is 8.32 Å². The molecule has 0 amide bonds. The first-order chi connectivity index (χ1) is 14.5. The molecule has 0 unspecified atom stereocenters. The van der Waals surface area contributed by atoms with Crippen molar-refractivity contribution in [2.45, 2.75) is 27.7 Å². The van der Waals surface area contributed by atoms with Crippen LogP contribution in [0.1, 0.15) is 22.3 Å². The summed E-state index contributed by atoms with van der Waals surface area (Å²) in [6.45, 7) is 8.52. The van der Waals surface area contributed by atoms with E-state index in [1.54, 1.807) is 0 Å². The maximum absolute atomic E-state index is 7.16. The average molecular weight is 409 g/mol. The summed E-state index contributed by atoms with van der Waals surface area (Å²) in [5.41, 5.74) is 4.93. The van der Waals surface area contributed by atoms with Gasteiger partial charge in [0.1, 0.15) is 5.75 Å². The summed E-state index contributed by atoms with van der Waals surface area (Å²) in [4.78, 5) is 0. The summed E-state index contributed by atoms with van der Waals surface area (Å²) in [6, 6.07) is 35.0. The molecule has 0 aromatic heterocycles. The Morgan fingerprint density at radius 2 is 0.967 bits per heavy atom. The lowest BCUT2D eigenvalue weighted by atomic mass is 10.1. The highest BCUT2D eigenvalue weighted by Crippen LogP contribution is 2.23. The molecule has 0 spiro atoms. The molecule has 0 aliphatic heterocycles. The molecule has 4 aromatic rings. The zero-order valence-corrected chi connectivity index (χ0v) is 19.1. The summed E-state index contributed by atoms with van der Waals surface area (Å²) in [5.74, 6) is 0.956. The molecule has 4 rings (SSSR count). The highest BCUT2D eigenvalue weighted by molar-refractivity contribution is 7.07. The second kappa shape index (κ2) is 8.33. The predicted molar refractivity (Wildman–Crippen MR) is 130 cm³/mol. The van der Waals surface area contributed by atoms with Crippen molar-refractivity contribution >= 4 is 23.9 Å². The summed E-state index contributed by atoms with van der Waals surface area (Å²) in [7, 11) is -2.76. The number of benzene rings is 4. The van der Waals surface area contributed by atoms with Crippen LogP contribution in [0, 0.1) is 27.7 Å². The van der Waals surface area contributed by atoms with Crippen LogP contribution < -0.4 is 20.0 Å². The van der Waals surface area contributed by atoms with Crippen molar-refractivity contribution in [2.75, 3.05) is 0 Å². The summed E-state index contributed by atoms with van der Waals surface area (Å²) >= 11 is 0. The largest absolute Gasteiger partial charge is 0.530 e. The molecular formula is C28H28OSi. The summed E-state index contributed by atoms with van der Waals surface area (Å²) < 4.78 is 7.16. The molecule has 2 heteroatoms. The van der Waals surface area contributed by atoms with Crippen molar-refractivity contribution in [1.29, 1.82) is 0 Å². The van der Waals surface area contributed by atoms with Crippen molar-refractivity contribution in [1.82, 2.24) is 0 Å². The number of hydrogen-bond acceptors (Lipinski definition) is 1. The lowest BCUT2D eigenvalue weighted by molar-refractivity contribution is 0.571. The van der Waals surface area contributed by atoms with E-state index in [2.05, 4.69) is 125 Å². The third-order valence-electron chi connectivity index (χ3n) is 5.69. The Hall–Kier alpha value is -3.10. The first-order valence-corrected chi connectivity index (χ1v) is 12.4. The molecule has 0 saturated heterocycles. The molecule has 0 fully saturated rings. The third kappa shape index (κ3) is 3.83. The number of rotatable bonds is 5. The summed E-state index contributed by atoms with van der Waals surface area (Å²) in [5, 5.41) is 3.75. The van der Waals surface area contributed by atoms with Crippen molar-refractivity contribution in [3.8, 4) is 5.75 Å². The molecule has 0 atom stereocenters. The van der Waals surface area contributed by atoms with E-state index >= 15 is 0 Å². The molecule has 150 valence electrons. The van der Waals surface area contributed by atoms with Gasteiger partial charge in [-0.05, 0) is 54.9 Å². The topological polar surface area (TPSA) is 9.23 Å². The van der Waals surface area contributed by atoms with Gasteiger partial charge in [-0.15, -0.1) is 0 Å². The highest BCUT2D eigenvalue weighted by Gasteiger charge is 2.44. The average Bonchev–Trinajstić information content (AvgIpc) is 2.76. The Kier molecular flexibility index (Phi) is 5.60. The lowest BCUT2D eigenvalue weighted by Crippen LogP contribution is -2.71. The van der Waals surface area contributed by atoms with Crippen LogP contribution in [0.25, 0.3) is 0 Å². The SMILES string of the molecule is Cc1ccc([Si](Oc2ccc(C)cc2C)(c2ccccc2)c2ccc(C)cc2)cc1. The summed E-state index contributed by atoms with van der Waals surface area (Å²) in [6.07, 6.45) is 0. The predicted octanol–water partition coefficient (Wildman–Crippen LogP) is 4.97. The van der Waals surface area contributed by atoms with Gasteiger partial charge >= 0.3 is 8.32 Å². The van der Waals surface area contributed by atoms with Gasteiger partial charge < -0.3 is 4.43 Å². The zero-order valence-electron chi connectivity index (χ0n) is 18.1. The van der Waals surface area contributed by atoms with Crippen molar-refractivity contribution < 1.29 is 4.43 Å². The molecule has 4 aromatic carbocycles. The van der Waals surface area contributed by atoms with E-state index < -0.39 is 8.32 Å². The smallest absolute Gasteiger partial charge is 0.346 e. The van der Waals surface area contributed by atoms with Crippen molar-refractivity contribution in [2.24, 2.45) is 0 Å². The van der Waals surface area contributed by atoms with E-state index in [9.17, 15) is 0 Å². The molecule has 0 bridgehead atoms. The Bertz CT molecular complexity index is 1080. The first-order valence-electron chi connectivity index (χ1n) is 10.4. The van der Waals surface area contributed by atoms with E-state index in [1.165, 1.54) is 37.8 Å². The highest BCUT2D eigenvalue weighted by atomic mass is 28.4. The van der Waals surface area contributed by atoms with Gasteiger partial charge in [-0.1, -0.05) is 108 Å². The van der Waals surface area contributed by atoms with E-state index in [0.717, 1.165) is 5.75 Å². The van der Waals surface area contributed by atoms with Gasteiger partial charge in [0.05, 0.1) is 0 Å².